The summed E-state index contributed by atoms with van der Waals surface area (Å²) in [5, 5.41) is 3.55. The predicted octanol–water partition coefficient (Wildman–Crippen LogP) is 6.09. The number of nitrogens with two attached hydrogens (primary N) is 1. The monoisotopic (exact) mass is 521 g/mol. The molecule has 0 aliphatic heterocycles. The number of hydrogen-bond donors (Lipinski definition) is 2. The van der Waals surface area contributed by atoms with E-state index >= 15 is 0 Å². The van der Waals surface area contributed by atoms with Crippen LogP contribution in [0.1, 0.15) is 27.6 Å². The number of hydrogen-bond acceptors (Lipinski definition) is 6. The summed E-state index contributed by atoms with van der Waals surface area (Å²) >= 11 is 12.1. The van der Waals surface area contributed by atoms with Crippen LogP contribution >= 0.6 is 23.2 Å². The zero-order chi connectivity index (χ0) is 25.5. The Bertz CT molecular complexity index is 1380. The van der Waals surface area contributed by atoms with E-state index in [1.807, 2.05) is 30.3 Å². The van der Waals surface area contributed by atoms with Crippen molar-refractivity contribution in [2.45, 2.75) is 12.7 Å². The molecular weight excluding hydrogens is 501 g/mol. The second-order valence-corrected chi connectivity index (χ2v) is 8.59. The van der Waals surface area contributed by atoms with E-state index in [1.54, 1.807) is 48.5 Å². The minimum atomic E-state index is -1.24. The summed E-state index contributed by atoms with van der Waals surface area (Å²) in [6.45, 7) is 0.0394. The van der Waals surface area contributed by atoms with E-state index in [9.17, 15) is 9.59 Å². The molecule has 0 spiro atoms. The fourth-order valence-corrected chi connectivity index (χ4v) is 3.66. The topological polar surface area (TPSA) is 104 Å². The number of ether oxygens (including phenoxy) is 2. The molecule has 4 aromatic rings. The molecule has 0 aliphatic carbocycles. The molecule has 0 saturated carbocycles. The first-order valence-electron chi connectivity index (χ1n) is 10.8. The number of carbonyl (C=O) groups is 2. The average molecular weight is 522 g/mol. The predicted molar refractivity (Wildman–Crippen MR) is 139 cm³/mol. The fraction of sp³-hybridized carbons (Fsp3) is 0.0741. The first-order chi connectivity index (χ1) is 17.4. The first-order valence-corrected chi connectivity index (χ1v) is 11.6. The number of anilines is 2. The van der Waals surface area contributed by atoms with Crippen molar-refractivity contribution in [1.82, 2.24) is 4.98 Å². The Morgan fingerprint density at radius 2 is 1.69 bits per heavy atom. The van der Waals surface area contributed by atoms with Gasteiger partial charge in [-0.05, 0) is 35.9 Å². The molecule has 0 bridgehead atoms. The third-order valence-corrected chi connectivity index (χ3v) is 5.51. The van der Waals surface area contributed by atoms with Gasteiger partial charge in [-0.3, -0.25) is 4.79 Å². The minimum Gasteiger partial charge on any atom is -0.470 e. The molecule has 182 valence electrons. The Labute approximate surface area is 217 Å². The summed E-state index contributed by atoms with van der Waals surface area (Å²) in [7, 11) is 0. The summed E-state index contributed by atoms with van der Waals surface area (Å²) in [5.41, 5.74) is 7.96. The van der Waals surface area contributed by atoms with Crippen molar-refractivity contribution in [3.05, 3.63) is 118 Å². The molecular formula is C27H21Cl2N3O4. The van der Waals surface area contributed by atoms with Crippen molar-refractivity contribution in [2.75, 3.05) is 11.1 Å². The maximum Gasteiger partial charge on any atom is 0.352 e. The van der Waals surface area contributed by atoms with Gasteiger partial charge in [-0.1, -0.05) is 71.7 Å². The van der Waals surface area contributed by atoms with Crippen molar-refractivity contribution in [3.63, 3.8) is 0 Å². The molecule has 4 rings (SSSR count). The lowest BCUT2D eigenvalue weighted by atomic mass is 10.0. The van der Waals surface area contributed by atoms with Gasteiger partial charge in [-0.15, -0.1) is 0 Å². The molecule has 1 aromatic heterocycles. The highest BCUT2D eigenvalue weighted by atomic mass is 35.5. The molecule has 0 fully saturated rings. The lowest BCUT2D eigenvalue weighted by Gasteiger charge is -2.20. The Balaban J connectivity index is 1.61. The summed E-state index contributed by atoms with van der Waals surface area (Å²) in [5.74, 6) is -0.904. The minimum absolute atomic E-state index is 0.0394. The molecule has 0 aliphatic rings. The fourth-order valence-electron chi connectivity index (χ4n) is 3.32. The average Bonchev–Trinajstić information content (AvgIpc) is 2.88. The molecule has 7 nitrogen and oxygen atoms in total. The highest BCUT2D eigenvalue weighted by Gasteiger charge is 2.27. The summed E-state index contributed by atoms with van der Waals surface area (Å²) < 4.78 is 11.5. The zero-order valence-corrected chi connectivity index (χ0v) is 20.4. The van der Waals surface area contributed by atoms with Gasteiger partial charge in [0.2, 0.25) is 6.10 Å². The number of nitrogens with zero attached hydrogens (tertiary/aromatic N) is 1. The highest BCUT2D eigenvalue weighted by molar-refractivity contribution is 6.31. The van der Waals surface area contributed by atoms with Crippen LogP contribution in [0.4, 0.5) is 11.5 Å². The van der Waals surface area contributed by atoms with Gasteiger partial charge >= 0.3 is 5.97 Å². The number of benzene rings is 3. The van der Waals surface area contributed by atoms with Crippen molar-refractivity contribution in [2.24, 2.45) is 0 Å². The molecule has 36 heavy (non-hydrogen) atoms. The van der Waals surface area contributed by atoms with Crippen LogP contribution in [0.15, 0.2) is 91.1 Å². The van der Waals surface area contributed by atoms with Gasteiger partial charge in [-0.25, -0.2) is 9.78 Å². The Kier molecular flexibility index (Phi) is 8.05. The van der Waals surface area contributed by atoms with Crippen molar-refractivity contribution in [3.8, 4) is 5.75 Å². The van der Waals surface area contributed by atoms with Crippen LogP contribution in [0.3, 0.4) is 0 Å². The Hall–Kier alpha value is -4.07. The van der Waals surface area contributed by atoms with Crippen LogP contribution in [-0.2, 0) is 16.1 Å². The van der Waals surface area contributed by atoms with Crippen LogP contribution in [0, 0.1) is 0 Å². The van der Waals surface area contributed by atoms with E-state index in [1.165, 1.54) is 12.3 Å². The van der Waals surface area contributed by atoms with Gasteiger partial charge in [-0.2, -0.15) is 0 Å². The number of amides is 1. The highest BCUT2D eigenvalue weighted by Crippen LogP contribution is 2.30. The smallest absolute Gasteiger partial charge is 0.352 e. The number of aromatic nitrogens is 1. The number of esters is 1. The van der Waals surface area contributed by atoms with E-state index in [2.05, 4.69) is 10.3 Å². The molecule has 0 unspecified atom stereocenters. The molecule has 0 saturated heterocycles. The number of pyridine rings is 1. The lowest BCUT2D eigenvalue weighted by molar-refractivity contribution is -0.153. The third-order valence-electron chi connectivity index (χ3n) is 5.07. The van der Waals surface area contributed by atoms with E-state index < -0.39 is 12.1 Å². The summed E-state index contributed by atoms with van der Waals surface area (Å²) in [6, 6.07) is 23.9. The van der Waals surface area contributed by atoms with Crippen molar-refractivity contribution in [1.29, 1.82) is 0 Å². The van der Waals surface area contributed by atoms with Gasteiger partial charge in [0.25, 0.3) is 5.91 Å². The van der Waals surface area contributed by atoms with Gasteiger partial charge in [0.1, 0.15) is 6.61 Å². The molecule has 3 aromatic carbocycles. The molecule has 1 amide bonds. The maximum absolute atomic E-state index is 13.2. The van der Waals surface area contributed by atoms with Crippen LogP contribution < -0.4 is 15.8 Å². The maximum atomic E-state index is 13.2. The quantitative estimate of drug-likeness (QED) is 0.272. The SMILES string of the molecule is Nc1ncc(Cl)cc1O[C@@H](C(=O)OCc1ccccc1)c1cccc(C(=O)Nc2cccc(Cl)c2)c1. The third kappa shape index (κ3) is 6.53. The van der Waals surface area contributed by atoms with E-state index in [0.29, 0.717) is 21.8 Å². The van der Waals surface area contributed by atoms with Crippen LogP contribution in [0.25, 0.3) is 0 Å². The molecule has 9 heteroatoms. The van der Waals surface area contributed by atoms with E-state index in [4.69, 9.17) is 38.4 Å². The van der Waals surface area contributed by atoms with Crippen LogP contribution in [-0.4, -0.2) is 16.9 Å². The van der Waals surface area contributed by atoms with Gasteiger partial charge in [0, 0.05) is 34.1 Å². The Morgan fingerprint density at radius 3 is 2.47 bits per heavy atom. The standard InChI is InChI=1S/C27H21Cl2N3O4/c28-20-10-5-11-22(13-20)32-26(33)19-9-4-8-18(12-19)24(36-23-14-21(29)15-31-25(23)30)27(34)35-16-17-6-2-1-3-7-17/h1-15,24H,16H2,(H2,30,31)(H,32,33)/t24-/m1/s1. The molecule has 1 heterocycles. The Morgan fingerprint density at radius 1 is 0.917 bits per heavy atom. The summed E-state index contributed by atoms with van der Waals surface area (Å²) in [4.78, 5) is 30.0. The zero-order valence-electron chi connectivity index (χ0n) is 18.9. The molecule has 1 atom stereocenters. The normalized spacial score (nSPS) is 11.4. The van der Waals surface area contributed by atoms with Gasteiger partial charge < -0.3 is 20.5 Å². The number of rotatable bonds is 8. The van der Waals surface area contributed by atoms with Crippen molar-refractivity contribution < 1.29 is 19.1 Å². The molecule has 0 radical (unpaired) electrons. The van der Waals surface area contributed by atoms with Crippen LogP contribution in [0.5, 0.6) is 5.75 Å². The summed E-state index contributed by atoms with van der Waals surface area (Å²) in [6.07, 6.45) is 0.128. The second kappa shape index (κ2) is 11.6. The van der Waals surface area contributed by atoms with Gasteiger partial charge in [0.15, 0.2) is 11.6 Å². The number of carbonyl (C=O) groups excluding carboxylic acids is 2. The van der Waals surface area contributed by atoms with Crippen LogP contribution in [0.2, 0.25) is 10.0 Å². The first kappa shape index (κ1) is 25.0. The lowest BCUT2D eigenvalue weighted by Crippen LogP contribution is -2.23. The number of nitrogen functional groups attached to an aromatic ring is 1. The number of halogens is 2. The second-order valence-electron chi connectivity index (χ2n) is 7.72. The van der Waals surface area contributed by atoms with E-state index in [-0.39, 0.29) is 29.1 Å². The van der Waals surface area contributed by atoms with Gasteiger partial charge in [0.05, 0.1) is 5.02 Å². The largest absolute Gasteiger partial charge is 0.470 e. The molecule has 3 N–H and O–H groups in total. The van der Waals surface area contributed by atoms with Crippen molar-refractivity contribution >= 4 is 46.6 Å². The number of nitrogens with one attached hydrogen (secondary N) is 1. The van der Waals surface area contributed by atoms with E-state index in [0.717, 1.165) is 5.56 Å².